The van der Waals surface area contributed by atoms with E-state index in [1.54, 1.807) is 19.9 Å². The highest BCUT2D eigenvalue weighted by atomic mass is 32.1. The first-order valence-electron chi connectivity index (χ1n) is 7.24. The van der Waals surface area contributed by atoms with Gasteiger partial charge in [-0.05, 0) is 52.3 Å². The fraction of sp³-hybridized carbons (Fsp3) is 0.353. The lowest BCUT2D eigenvalue weighted by Gasteiger charge is -2.11. The number of Topliss-reactive ketones (excluding diaryl/α,β-unsaturated/α-hetero) is 2. The zero-order chi connectivity index (χ0) is 17.3. The molecule has 0 saturated heterocycles. The minimum absolute atomic E-state index is 0.103. The molecule has 0 aliphatic carbocycles. The van der Waals surface area contributed by atoms with Crippen LogP contribution in [0.1, 0.15) is 60.5 Å². The summed E-state index contributed by atoms with van der Waals surface area (Å²) in [7, 11) is 0. The number of ether oxygens (including phenoxy) is 1. The third kappa shape index (κ3) is 3.42. The van der Waals surface area contributed by atoms with Gasteiger partial charge in [-0.15, -0.1) is 11.3 Å². The van der Waals surface area contributed by atoms with E-state index in [1.165, 1.54) is 25.2 Å². The van der Waals surface area contributed by atoms with Crippen molar-refractivity contribution in [3.8, 4) is 0 Å². The van der Waals surface area contributed by atoms with Crippen LogP contribution in [-0.2, 0) is 4.74 Å². The largest absolute Gasteiger partial charge is 0.450 e. The number of nitrogens with one attached hydrogen (secondary N) is 1. The second-order valence-electron chi connectivity index (χ2n) is 5.50. The van der Waals surface area contributed by atoms with Gasteiger partial charge in [0.2, 0.25) is 5.78 Å². The standard InChI is InChI=1S/C17H19NO4S/c1-8-6-7-13(23-8)17(21)22-12(5)16(20)15-9(2)14(11(4)19)10(3)18-15/h6-7,12,18H,1-5H3/t12-/m0/s1. The Bertz CT molecular complexity index is 785. The smallest absolute Gasteiger partial charge is 0.349 e. The lowest BCUT2D eigenvalue weighted by atomic mass is 10.0. The summed E-state index contributed by atoms with van der Waals surface area (Å²) < 4.78 is 5.25. The first-order valence-corrected chi connectivity index (χ1v) is 8.05. The molecule has 2 heterocycles. The third-order valence-electron chi connectivity index (χ3n) is 3.63. The van der Waals surface area contributed by atoms with Crippen LogP contribution in [0.2, 0.25) is 0 Å². The maximum absolute atomic E-state index is 12.5. The minimum atomic E-state index is -0.929. The number of ketones is 2. The summed E-state index contributed by atoms with van der Waals surface area (Å²) in [4.78, 5) is 40.6. The SMILES string of the molecule is CC(=O)c1c(C)[nH]c(C(=O)[C@H](C)OC(=O)c2ccc(C)s2)c1C. The second kappa shape index (κ2) is 6.50. The molecule has 0 saturated carbocycles. The average Bonchev–Trinajstić information content (AvgIpc) is 3.01. The second-order valence-corrected chi connectivity index (χ2v) is 6.79. The topological polar surface area (TPSA) is 76.2 Å². The van der Waals surface area contributed by atoms with Crippen LogP contribution < -0.4 is 0 Å². The Kier molecular flexibility index (Phi) is 4.85. The Hall–Kier alpha value is -2.21. The van der Waals surface area contributed by atoms with Gasteiger partial charge in [-0.1, -0.05) is 0 Å². The van der Waals surface area contributed by atoms with E-state index in [1.807, 2.05) is 13.0 Å². The van der Waals surface area contributed by atoms with E-state index in [2.05, 4.69) is 4.98 Å². The molecule has 23 heavy (non-hydrogen) atoms. The quantitative estimate of drug-likeness (QED) is 0.669. The number of aromatic nitrogens is 1. The number of thiophene rings is 1. The first-order chi connectivity index (χ1) is 10.7. The summed E-state index contributed by atoms with van der Waals surface area (Å²) in [5.74, 6) is -0.967. The molecule has 122 valence electrons. The first kappa shape index (κ1) is 17.1. The summed E-state index contributed by atoms with van der Waals surface area (Å²) in [6.45, 7) is 8.34. The van der Waals surface area contributed by atoms with E-state index in [4.69, 9.17) is 4.74 Å². The van der Waals surface area contributed by atoms with Crippen molar-refractivity contribution >= 4 is 28.9 Å². The molecule has 2 rings (SSSR count). The molecule has 0 aromatic carbocycles. The van der Waals surface area contributed by atoms with Crippen molar-refractivity contribution in [1.29, 1.82) is 0 Å². The molecule has 1 atom stereocenters. The summed E-state index contributed by atoms with van der Waals surface area (Å²) in [5, 5.41) is 0. The monoisotopic (exact) mass is 333 g/mol. The summed E-state index contributed by atoms with van der Waals surface area (Å²) >= 11 is 1.32. The van der Waals surface area contributed by atoms with Crippen molar-refractivity contribution in [2.45, 2.75) is 40.7 Å². The summed E-state index contributed by atoms with van der Waals surface area (Å²) in [5.41, 5.74) is 2.07. The van der Waals surface area contributed by atoms with Gasteiger partial charge in [0.25, 0.3) is 0 Å². The number of carbonyl (C=O) groups is 3. The molecule has 0 amide bonds. The van der Waals surface area contributed by atoms with Crippen molar-refractivity contribution in [1.82, 2.24) is 4.98 Å². The fourth-order valence-electron chi connectivity index (χ4n) is 2.54. The molecule has 0 aliphatic heterocycles. The van der Waals surface area contributed by atoms with Crippen molar-refractivity contribution in [3.63, 3.8) is 0 Å². The van der Waals surface area contributed by atoms with Crippen molar-refractivity contribution in [3.05, 3.63) is 44.4 Å². The minimum Gasteiger partial charge on any atom is -0.450 e. The third-order valence-corrected chi connectivity index (χ3v) is 4.61. The van der Waals surface area contributed by atoms with E-state index in [9.17, 15) is 14.4 Å². The molecular formula is C17H19NO4S. The van der Waals surface area contributed by atoms with Gasteiger partial charge in [-0.2, -0.15) is 0 Å². The van der Waals surface area contributed by atoms with Gasteiger partial charge < -0.3 is 9.72 Å². The highest BCUT2D eigenvalue weighted by molar-refractivity contribution is 7.13. The van der Waals surface area contributed by atoms with Gasteiger partial charge in [0, 0.05) is 16.1 Å². The molecule has 6 heteroatoms. The van der Waals surface area contributed by atoms with Crippen LogP contribution in [0.4, 0.5) is 0 Å². The van der Waals surface area contributed by atoms with Crippen LogP contribution in [0.5, 0.6) is 0 Å². The Morgan fingerprint density at radius 1 is 1.17 bits per heavy atom. The van der Waals surface area contributed by atoms with Gasteiger partial charge in [-0.3, -0.25) is 9.59 Å². The number of aromatic amines is 1. The van der Waals surface area contributed by atoms with Gasteiger partial charge in [0.1, 0.15) is 4.88 Å². The predicted molar refractivity (Wildman–Crippen MR) is 88.5 cm³/mol. The van der Waals surface area contributed by atoms with Crippen LogP contribution in [0.15, 0.2) is 12.1 Å². The molecule has 1 N–H and O–H groups in total. The molecule has 5 nitrogen and oxygen atoms in total. The van der Waals surface area contributed by atoms with Crippen molar-refractivity contribution in [2.24, 2.45) is 0 Å². The molecule has 0 bridgehead atoms. The summed E-state index contributed by atoms with van der Waals surface area (Å²) in [6.07, 6.45) is -0.929. The number of hydrogen-bond donors (Lipinski definition) is 1. The summed E-state index contributed by atoms with van der Waals surface area (Å²) in [6, 6.07) is 3.50. The van der Waals surface area contributed by atoms with Crippen LogP contribution in [0.25, 0.3) is 0 Å². The lowest BCUT2D eigenvalue weighted by Crippen LogP contribution is -2.25. The normalized spacial score (nSPS) is 12.0. The molecule has 0 aliphatic rings. The van der Waals surface area contributed by atoms with Gasteiger partial charge in [-0.25, -0.2) is 4.79 Å². The van der Waals surface area contributed by atoms with E-state index in [0.717, 1.165) is 4.88 Å². The molecular weight excluding hydrogens is 314 g/mol. The van der Waals surface area contributed by atoms with Crippen LogP contribution in [0.3, 0.4) is 0 Å². The Balaban J connectivity index is 2.19. The molecule has 0 radical (unpaired) electrons. The van der Waals surface area contributed by atoms with E-state index in [-0.39, 0.29) is 11.6 Å². The van der Waals surface area contributed by atoms with Crippen LogP contribution >= 0.6 is 11.3 Å². The van der Waals surface area contributed by atoms with Gasteiger partial charge >= 0.3 is 5.97 Å². The van der Waals surface area contributed by atoms with E-state index < -0.39 is 12.1 Å². The highest BCUT2D eigenvalue weighted by Crippen LogP contribution is 2.21. The van der Waals surface area contributed by atoms with E-state index >= 15 is 0 Å². The number of esters is 1. The highest BCUT2D eigenvalue weighted by Gasteiger charge is 2.26. The Morgan fingerprint density at radius 3 is 2.30 bits per heavy atom. The predicted octanol–water partition coefficient (Wildman–Crippen LogP) is 3.63. The molecule has 0 fully saturated rings. The number of H-pyrrole nitrogens is 1. The Morgan fingerprint density at radius 2 is 1.83 bits per heavy atom. The zero-order valence-electron chi connectivity index (χ0n) is 13.8. The number of aryl methyl sites for hydroxylation is 2. The van der Waals surface area contributed by atoms with Gasteiger partial charge in [0.15, 0.2) is 11.9 Å². The number of hydrogen-bond acceptors (Lipinski definition) is 5. The molecule has 2 aromatic rings. The average molecular weight is 333 g/mol. The van der Waals surface area contributed by atoms with Crippen LogP contribution in [0, 0.1) is 20.8 Å². The van der Waals surface area contributed by atoms with Gasteiger partial charge in [0.05, 0.1) is 5.69 Å². The van der Waals surface area contributed by atoms with Crippen LogP contribution in [-0.4, -0.2) is 28.6 Å². The number of rotatable bonds is 5. The van der Waals surface area contributed by atoms with E-state index in [0.29, 0.717) is 27.4 Å². The van der Waals surface area contributed by atoms with Crippen molar-refractivity contribution in [2.75, 3.05) is 0 Å². The van der Waals surface area contributed by atoms with Crippen molar-refractivity contribution < 1.29 is 19.1 Å². The molecule has 0 unspecified atom stereocenters. The molecule has 2 aromatic heterocycles. The number of carbonyl (C=O) groups excluding carboxylic acids is 3. The lowest BCUT2D eigenvalue weighted by molar-refractivity contribution is 0.0321. The maximum Gasteiger partial charge on any atom is 0.349 e. The zero-order valence-corrected chi connectivity index (χ0v) is 14.6. The molecule has 0 spiro atoms. The Labute approximate surface area is 138 Å². The fourth-order valence-corrected chi connectivity index (χ4v) is 3.29. The maximum atomic E-state index is 12.5.